The minimum absolute atomic E-state index is 0.101. The number of aliphatic hydroxyl groups is 1. The maximum Gasteiger partial charge on any atom is 0.0856 e. The molecule has 1 rings (SSSR count). The SMILES string of the molecule is COC(C(C)C)C(O)Cc1cc(C)cc(C)c1. The van der Waals surface area contributed by atoms with Gasteiger partial charge in [0.1, 0.15) is 0 Å². The van der Waals surface area contributed by atoms with E-state index in [2.05, 4.69) is 45.9 Å². The van der Waals surface area contributed by atoms with E-state index in [1.54, 1.807) is 7.11 Å². The van der Waals surface area contributed by atoms with Crippen LogP contribution in [0.15, 0.2) is 18.2 Å². The topological polar surface area (TPSA) is 29.5 Å². The molecule has 1 aromatic carbocycles. The van der Waals surface area contributed by atoms with Gasteiger partial charge in [-0.2, -0.15) is 0 Å². The summed E-state index contributed by atoms with van der Waals surface area (Å²) in [6.45, 7) is 8.30. The highest BCUT2D eigenvalue weighted by Gasteiger charge is 2.22. The molecular formula is C15H24O2. The fraction of sp³-hybridized carbons (Fsp3) is 0.600. The molecule has 0 heterocycles. The summed E-state index contributed by atoms with van der Waals surface area (Å²) in [6.07, 6.45) is 0.108. The van der Waals surface area contributed by atoms with Crippen LogP contribution in [0.25, 0.3) is 0 Å². The third kappa shape index (κ3) is 4.14. The van der Waals surface area contributed by atoms with Crippen molar-refractivity contribution in [2.45, 2.75) is 46.3 Å². The molecule has 0 aromatic heterocycles. The lowest BCUT2D eigenvalue weighted by molar-refractivity contribution is -0.0368. The average Bonchev–Trinajstić information content (AvgIpc) is 2.15. The molecule has 2 unspecified atom stereocenters. The van der Waals surface area contributed by atoms with E-state index in [0.29, 0.717) is 12.3 Å². The number of hydrogen-bond acceptors (Lipinski definition) is 2. The van der Waals surface area contributed by atoms with Crippen molar-refractivity contribution in [1.82, 2.24) is 0 Å². The predicted molar refractivity (Wildman–Crippen MR) is 71.3 cm³/mol. The summed E-state index contributed by atoms with van der Waals surface area (Å²) in [5.74, 6) is 0.320. The lowest BCUT2D eigenvalue weighted by Crippen LogP contribution is -2.34. The number of hydrogen-bond donors (Lipinski definition) is 1. The monoisotopic (exact) mass is 236 g/mol. The van der Waals surface area contributed by atoms with Gasteiger partial charge in [-0.15, -0.1) is 0 Å². The summed E-state index contributed by atoms with van der Waals surface area (Å²) in [7, 11) is 1.66. The first-order valence-corrected chi connectivity index (χ1v) is 6.22. The van der Waals surface area contributed by atoms with E-state index >= 15 is 0 Å². The van der Waals surface area contributed by atoms with E-state index in [-0.39, 0.29) is 6.10 Å². The third-order valence-corrected chi connectivity index (χ3v) is 3.03. The summed E-state index contributed by atoms with van der Waals surface area (Å²) < 4.78 is 5.36. The van der Waals surface area contributed by atoms with Crippen molar-refractivity contribution in [1.29, 1.82) is 0 Å². The lowest BCUT2D eigenvalue weighted by atomic mass is 9.95. The summed E-state index contributed by atoms with van der Waals surface area (Å²) >= 11 is 0. The van der Waals surface area contributed by atoms with Crippen molar-refractivity contribution in [3.8, 4) is 0 Å². The summed E-state index contributed by atoms with van der Waals surface area (Å²) in [5.41, 5.74) is 3.66. The van der Waals surface area contributed by atoms with Crippen molar-refractivity contribution >= 4 is 0 Å². The molecule has 1 aromatic rings. The highest BCUT2D eigenvalue weighted by atomic mass is 16.5. The van der Waals surface area contributed by atoms with Crippen molar-refractivity contribution in [2.24, 2.45) is 5.92 Å². The molecule has 0 radical (unpaired) electrons. The first kappa shape index (κ1) is 14.2. The molecule has 0 bridgehead atoms. The number of ether oxygens (including phenoxy) is 1. The van der Waals surface area contributed by atoms with Gasteiger partial charge in [0.2, 0.25) is 0 Å². The van der Waals surface area contributed by atoms with Gasteiger partial charge in [-0.05, 0) is 25.3 Å². The molecule has 0 fully saturated rings. The number of aliphatic hydroxyl groups excluding tert-OH is 1. The van der Waals surface area contributed by atoms with Gasteiger partial charge in [0, 0.05) is 13.5 Å². The minimum Gasteiger partial charge on any atom is -0.390 e. The quantitative estimate of drug-likeness (QED) is 0.852. The van der Waals surface area contributed by atoms with E-state index in [1.807, 2.05) is 0 Å². The molecule has 2 atom stereocenters. The molecule has 1 N–H and O–H groups in total. The van der Waals surface area contributed by atoms with Crippen LogP contribution in [0.1, 0.15) is 30.5 Å². The van der Waals surface area contributed by atoms with E-state index in [9.17, 15) is 5.11 Å². The Bertz CT molecular complexity index is 338. The van der Waals surface area contributed by atoms with E-state index in [4.69, 9.17) is 4.74 Å². The molecule has 0 aliphatic rings. The fourth-order valence-electron chi connectivity index (χ4n) is 2.42. The van der Waals surface area contributed by atoms with Crippen LogP contribution < -0.4 is 0 Å². The Kier molecular flexibility index (Phi) is 5.16. The van der Waals surface area contributed by atoms with Crippen LogP contribution in [0.5, 0.6) is 0 Å². The first-order chi connectivity index (χ1) is 7.93. The van der Waals surface area contributed by atoms with Gasteiger partial charge < -0.3 is 9.84 Å². The Morgan fingerprint density at radius 1 is 1.12 bits per heavy atom. The van der Waals surface area contributed by atoms with E-state index in [1.165, 1.54) is 16.7 Å². The zero-order chi connectivity index (χ0) is 13.0. The molecule has 2 nitrogen and oxygen atoms in total. The normalized spacial score (nSPS) is 15.0. The number of methoxy groups -OCH3 is 1. The largest absolute Gasteiger partial charge is 0.390 e. The van der Waals surface area contributed by atoms with E-state index < -0.39 is 6.10 Å². The van der Waals surface area contributed by atoms with Gasteiger partial charge >= 0.3 is 0 Å². The molecule has 0 spiro atoms. The third-order valence-electron chi connectivity index (χ3n) is 3.03. The van der Waals surface area contributed by atoms with Crippen LogP contribution in [0.3, 0.4) is 0 Å². The second kappa shape index (κ2) is 6.18. The Morgan fingerprint density at radius 2 is 1.65 bits per heavy atom. The molecule has 0 amide bonds. The highest BCUT2D eigenvalue weighted by Crippen LogP contribution is 2.17. The Labute approximate surface area is 105 Å². The molecular weight excluding hydrogens is 212 g/mol. The van der Waals surface area contributed by atoms with Gasteiger partial charge in [0.15, 0.2) is 0 Å². The van der Waals surface area contributed by atoms with Crippen molar-refractivity contribution in [2.75, 3.05) is 7.11 Å². The summed E-state index contributed by atoms with van der Waals surface area (Å²) in [4.78, 5) is 0. The number of rotatable bonds is 5. The predicted octanol–water partition coefficient (Wildman–Crippen LogP) is 2.88. The van der Waals surface area contributed by atoms with Gasteiger partial charge in [-0.25, -0.2) is 0 Å². The van der Waals surface area contributed by atoms with Crippen LogP contribution in [0.4, 0.5) is 0 Å². The Hall–Kier alpha value is -0.860. The molecule has 0 saturated carbocycles. The summed E-state index contributed by atoms with van der Waals surface area (Å²) in [5, 5.41) is 10.2. The summed E-state index contributed by atoms with van der Waals surface area (Å²) in [6, 6.07) is 6.40. The highest BCUT2D eigenvalue weighted by molar-refractivity contribution is 5.29. The lowest BCUT2D eigenvalue weighted by Gasteiger charge is -2.25. The molecule has 17 heavy (non-hydrogen) atoms. The van der Waals surface area contributed by atoms with Gasteiger partial charge in [-0.3, -0.25) is 0 Å². The second-order valence-electron chi connectivity index (χ2n) is 5.21. The molecule has 2 heteroatoms. The van der Waals surface area contributed by atoms with Crippen LogP contribution >= 0.6 is 0 Å². The average molecular weight is 236 g/mol. The second-order valence-corrected chi connectivity index (χ2v) is 5.21. The maximum absolute atomic E-state index is 10.2. The molecule has 0 saturated heterocycles. The Balaban J connectivity index is 2.76. The minimum atomic E-state index is -0.443. The molecule has 0 aliphatic carbocycles. The van der Waals surface area contributed by atoms with E-state index in [0.717, 1.165) is 0 Å². The molecule has 96 valence electrons. The van der Waals surface area contributed by atoms with Crippen molar-refractivity contribution < 1.29 is 9.84 Å². The van der Waals surface area contributed by atoms with Crippen LogP contribution in [-0.4, -0.2) is 24.4 Å². The molecule has 0 aliphatic heterocycles. The van der Waals surface area contributed by atoms with Crippen molar-refractivity contribution in [3.63, 3.8) is 0 Å². The zero-order valence-corrected chi connectivity index (χ0v) is 11.5. The van der Waals surface area contributed by atoms with Crippen LogP contribution in [-0.2, 0) is 11.2 Å². The number of aryl methyl sites for hydroxylation is 2. The van der Waals surface area contributed by atoms with Gasteiger partial charge in [-0.1, -0.05) is 43.2 Å². The van der Waals surface area contributed by atoms with Gasteiger partial charge in [0.05, 0.1) is 12.2 Å². The standard InChI is InChI=1S/C15H24O2/c1-10(2)15(17-5)14(16)9-13-7-11(3)6-12(4)8-13/h6-8,10,14-16H,9H2,1-5H3. The Morgan fingerprint density at radius 3 is 2.06 bits per heavy atom. The van der Waals surface area contributed by atoms with Crippen LogP contribution in [0, 0.1) is 19.8 Å². The first-order valence-electron chi connectivity index (χ1n) is 6.22. The van der Waals surface area contributed by atoms with Crippen LogP contribution in [0.2, 0.25) is 0 Å². The van der Waals surface area contributed by atoms with Gasteiger partial charge in [0.25, 0.3) is 0 Å². The smallest absolute Gasteiger partial charge is 0.0856 e. The maximum atomic E-state index is 10.2. The van der Waals surface area contributed by atoms with Crippen molar-refractivity contribution in [3.05, 3.63) is 34.9 Å². The fourth-order valence-corrected chi connectivity index (χ4v) is 2.42. The number of benzene rings is 1. The zero-order valence-electron chi connectivity index (χ0n) is 11.5.